The lowest BCUT2D eigenvalue weighted by Gasteiger charge is -2.13. The molecule has 1 unspecified atom stereocenters. The minimum Gasteiger partial charge on any atom is -0.376 e. The number of nitrogens with zero attached hydrogens (tertiary/aromatic N) is 2. The van der Waals surface area contributed by atoms with Gasteiger partial charge in [0, 0.05) is 18.7 Å². The number of hydrogen-bond donors (Lipinski definition) is 0. The van der Waals surface area contributed by atoms with E-state index in [0.717, 1.165) is 25.5 Å². The van der Waals surface area contributed by atoms with Gasteiger partial charge < -0.3 is 9.30 Å². The van der Waals surface area contributed by atoms with Crippen LogP contribution in [-0.4, -0.2) is 22.3 Å². The van der Waals surface area contributed by atoms with Crippen molar-refractivity contribution in [2.24, 2.45) is 0 Å². The molecule has 0 spiro atoms. The molecular weight excluding hydrogens is 274 g/mol. The summed E-state index contributed by atoms with van der Waals surface area (Å²) in [5.74, 6) is -0.959. The Hall–Kier alpha value is -1.20. The van der Waals surface area contributed by atoms with Crippen molar-refractivity contribution in [2.75, 3.05) is 6.61 Å². The first-order valence-corrected chi connectivity index (χ1v) is 6.74. The van der Waals surface area contributed by atoms with Crippen LogP contribution in [0.25, 0.3) is 11.0 Å². The maximum Gasteiger partial charge on any atom is 0.161 e. The van der Waals surface area contributed by atoms with Crippen molar-refractivity contribution < 1.29 is 13.5 Å². The van der Waals surface area contributed by atoms with Gasteiger partial charge in [0.2, 0.25) is 0 Å². The van der Waals surface area contributed by atoms with Gasteiger partial charge in [0.05, 0.1) is 29.6 Å². The van der Waals surface area contributed by atoms with Crippen molar-refractivity contribution in [2.45, 2.75) is 31.4 Å². The standard InChI is InChI=1S/C13H13ClF2N2O/c14-6-13-17-11-4-9(15)10(16)5-12(11)18(13)7-8-2-1-3-19-8/h4-5,8H,1-3,6-7H2. The van der Waals surface area contributed by atoms with Gasteiger partial charge in [-0.3, -0.25) is 0 Å². The molecular formula is C13H13ClF2N2O. The first kappa shape index (κ1) is 12.8. The molecule has 2 heterocycles. The van der Waals surface area contributed by atoms with E-state index >= 15 is 0 Å². The molecule has 0 bridgehead atoms. The normalized spacial score (nSPS) is 19.4. The SMILES string of the molecule is Fc1cc2nc(CCl)n(CC3CCCO3)c2cc1F. The van der Waals surface area contributed by atoms with Crippen LogP contribution in [0.15, 0.2) is 12.1 Å². The molecule has 102 valence electrons. The smallest absolute Gasteiger partial charge is 0.161 e. The molecule has 3 nitrogen and oxygen atoms in total. The molecule has 1 aliphatic rings. The molecule has 2 aromatic rings. The monoisotopic (exact) mass is 286 g/mol. The number of hydrogen-bond acceptors (Lipinski definition) is 2. The van der Waals surface area contributed by atoms with Crippen LogP contribution in [0.2, 0.25) is 0 Å². The molecule has 1 aromatic heterocycles. The van der Waals surface area contributed by atoms with Gasteiger partial charge in [-0.2, -0.15) is 0 Å². The fourth-order valence-electron chi connectivity index (χ4n) is 2.47. The molecule has 0 radical (unpaired) electrons. The van der Waals surface area contributed by atoms with Gasteiger partial charge in [-0.1, -0.05) is 0 Å². The molecule has 1 aromatic carbocycles. The highest BCUT2D eigenvalue weighted by Crippen LogP contribution is 2.23. The number of rotatable bonds is 3. The molecule has 3 rings (SSSR count). The molecule has 1 atom stereocenters. The Morgan fingerprint density at radius 3 is 2.84 bits per heavy atom. The first-order valence-electron chi connectivity index (χ1n) is 6.21. The Morgan fingerprint density at radius 1 is 1.37 bits per heavy atom. The lowest BCUT2D eigenvalue weighted by molar-refractivity contribution is 0.0973. The van der Waals surface area contributed by atoms with Crippen molar-refractivity contribution in [3.63, 3.8) is 0 Å². The summed E-state index contributed by atoms with van der Waals surface area (Å²) in [6, 6.07) is 2.27. The zero-order chi connectivity index (χ0) is 13.4. The second-order valence-electron chi connectivity index (χ2n) is 4.66. The van der Waals surface area contributed by atoms with Gasteiger partial charge in [-0.25, -0.2) is 13.8 Å². The number of ether oxygens (including phenoxy) is 1. The molecule has 1 fully saturated rings. The predicted octanol–water partition coefficient (Wildman–Crippen LogP) is 3.23. The number of fused-ring (bicyclic) bond motifs is 1. The molecule has 1 saturated heterocycles. The van der Waals surface area contributed by atoms with E-state index in [1.807, 2.05) is 4.57 Å². The summed E-state index contributed by atoms with van der Waals surface area (Å²) < 4.78 is 34.0. The molecule has 1 aliphatic heterocycles. The largest absolute Gasteiger partial charge is 0.376 e. The van der Waals surface area contributed by atoms with Crippen molar-refractivity contribution in [3.05, 3.63) is 29.6 Å². The average Bonchev–Trinajstić information content (AvgIpc) is 3.00. The van der Waals surface area contributed by atoms with E-state index in [-0.39, 0.29) is 12.0 Å². The van der Waals surface area contributed by atoms with Crippen LogP contribution >= 0.6 is 11.6 Å². The Balaban J connectivity index is 2.06. The van der Waals surface area contributed by atoms with Crippen LogP contribution < -0.4 is 0 Å². The number of halogens is 3. The zero-order valence-corrected chi connectivity index (χ0v) is 11.0. The van der Waals surface area contributed by atoms with Crippen molar-refractivity contribution >= 4 is 22.6 Å². The van der Waals surface area contributed by atoms with Gasteiger partial charge >= 0.3 is 0 Å². The van der Waals surface area contributed by atoms with E-state index in [4.69, 9.17) is 16.3 Å². The molecule has 0 aliphatic carbocycles. The lowest BCUT2D eigenvalue weighted by Crippen LogP contribution is -2.16. The third-order valence-electron chi connectivity index (χ3n) is 3.40. The van der Waals surface area contributed by atoms with Gasteiger partial charge in [0.25, 0.3) is 0 Å². The van der Waals surface area contributed by atoms with Gasteiger partial charge in [0.15, 0.2) is 11.6 Å². The topological polar surface area (TPSA) is 27.1 Å². The molecule has 19 heavy (non-hydrogen) atoms. The minimum absolute atomic E-state index is 0.0903. The number of aromatic nitrogens is 2. The van der Waals surface area contributed by atoms with E-state index in [9.17, 15) is 8.78 Å². The first-order chi connectivity index (χ1) is 9.19. The maximum absolute atomic E-state index is 13.4. The van der Waals surface area contributed by atoms with Crippen molar-refractivity contribution in [1.29, 1.82) is 0 Å². The summed E-state index contributed by atoms with van der Waals surface area (Å²) in [5.41, 5.74) is 0.984. The summed E-state index contributed by atoms with van der Waals surface area (Å²) in [4.78, 5) is 4.24. The second kappa shape index (κ2) is 5.06. The van der Waals surface area contributed by atoms with E-state index in [1.165, 1.54) is 6.07 Å². The summed E-state index contributed by atoms with van der Waals surface area (Å²) in [5, 5.41) is 0. The molecule has 0 saturated carbocycles. The Bertz CT molecular complexity index is 608. The zero-order valence-electron chi connectivity index (χ0n) is 10.2. The summed E-state index contributed by atoms with van der Waals surface area (Å²) in [6.45, 7) is 1.32. The third-order valence-corrected chi connectivity index (χ3v) is 3.64. The van der Waals surface area contributed by atoms with Crippen LogP contribution in [0.5, 0.6) is 0 Å². The van der Waals surface area contributed by atoms with Crippen molar-refractivity contribution in [1.82, 2.24) is 9.55 Å². The lowest BCUT2D eigenvalue weighted by atomic mass is 10.2. The van der Waals surface area contributed by atoms with Crippen LogP contribution in [0.3, 0.4) is 0 Å². The highest BCUT2D eigenvalue weighted by molar-refractivity contribution is 6.16. The van der Waals surface area contributed by atoms with Crippen LogP contribution in [0.1, 0.15) is 18.7 Å². The molecule has 0 N–H and O–H groups in total. The fraction of sp³-hybridized carbons (Fsp3) is 0.462. The van der Waals surface area contributed by atoms with E-state index < -0.39 is 11.6 Å². The maximum atomic E-state index is 13.4. The number of alkyl halides is 1. The summed E-state index contributed by atoms with van der Waals surface area (Å²) in [7, 11) is 0. The Kier molecular flexibility index (Phi) is 3.41. The highest BCUT2D eigenvalue weighted by Gasteiger charge is 2.20. The number of benzene rings is 1. The van der Waals surface area contributed by atoms with Gasteiger partial charge in [-0.05, 0) is 12.8 Å². The molecule has 6 heteroatoms. The highest BCUT2D eigenvalue weighted by atomic mass is 35.5. The van der Waals surface area contributed by atoms with E-state index in [1.54, 1.807) is 0 Å². The van der Waals surface area contributed by atoms with Crippen LogP contribution in [0, 0.1) is 11.6 Å². The van der Waals surface area contributed by atoms with Gasteiger partial charge in [-0.15, -0.1) is 11.6 Å². The van der Waals surface area contributed by atoms with Crippen LogP contribution in [0.4, 0.5) is 8.78 Å². The predicted molar refractivity (Wildman–Crippen MR) is 68.2 cm³/mol. The third kappa shape index (κ3) is 2.32. The Labute approximate surface area is 114 Å². The van der Waals surface area contributed by atoms with E-state index in [0.29, 0.717) is 23.4 Å². The fourth-order valence-corrected chi connectivity index (χ4v) is 2.67. The van der Waals surface area contributed by atoms with Gasteiger partial charge in [0.1, 0.15) is 5.82 Å². The van der Waals surface area contributed by atoms with Crippen molar-refractivity contribution in [3.8, 4) is 0 Å². The minimum atomic E-state index is -0.893. The Morgan fingerprint density at radius 2 is 2.16 bits per heavy atom. The van der Waals surface area contributed by atoms with Crippen LogP contribution in [-0.2, 0) is 17.2 Å². The number of imidazole rings is 1. The van der Waals surface area contributed by atoms with E-state index in [2.05, 4.69) is 4.98 Å². The average molecular weight is 287 g/mol. The summed E-state index contributed by atoms with van der Waals surface area (Å²) >= 11 is 5.86. The quantitative estimate of drug-likeness (QED) is 0.810. The summed E-state index contributed by atoms with van der Waals surface area (Å²) in [6.07, 6.45) is 2.08. The molecule has 0 amide bonds. The second-order valence-corrected chi connectivity index (χ2v) is 4.93.